The van der Waals surface area contributed by atoms with E-state index in [-0.39, 0.29) is 26.9 Å². The molecule has 0 spiro atoms. The number of rotatable bonds is 3. The zero-order valence-corrected chi connectivity index (χ0v) is 15.5. The molecule has 8 heteroatoms. The summed E-state index contributed by atoms with van der Waals surface area (Å²) in [6.45, 7) is 3.98. The van der Waals surface area contributed by atoms with Gasteiger partial charge in [-0.05, 0) is 47.8 Å². The number of halogens is 3. The normalized spacial score (nSPS) is 18.0. The van der Waals surface area contributed by atoms with E-state index in [0.29, 0.717) is 13.1 Å². The molecule has 1 atom stereocenters. The van der Waals surface area contributed by atoms with Crippen LogP contribution < -0.4 is 0 Å². The van der Waals surface area contributed by atoms with Crippen molar-refractivity contribution in [1.82, 2.24) is 19.7 Å². The molecule has 0 unspecified atom stereocenters. The summed E-state index contributed by atoms with van der Waals surface area (Å²) >= 11 is 9.20. The maximum Gasteiger partial charge on any atom is 0.255 e. The first-order valence-corrected chi connectivity index (χ1v) is 8.99. The van der Waals surface area contributed by atoms with E-state index < -0.39 is 5.82 Å². The monoisotopic (exact) mass is 414 g/mol. The molecule has 1 aliphatic rings. The van der Waals surface area contributed by atoms with Gasteiger partial charge in [-0.3, -0.25) is 4.79 Å². The molecule has 128 valence electrons. The van der Waals surface area contributed by atoms with Crippen molar-refractivity contribution in [3.63, 3.8) is 0 Å². The summed E-state index contributed by atoms with van der Waals surface area (Å²) < 4.78 is 16.0. The van der Waals surface area contributed by atoms with E-state index >= 15 is 0 Å². The number of nitrogens with zero attached hydrogens (tertiary/aromatic N) is 4. The van der Waals surface area contributed by atoms with Crippen LogP contribution in [0.25, 0.3) is 0 Å². The molecule has 24 heavy (non-hydrogen) atoms. The van der Waals surface area contributed by atoms with Crippen molar-refractivity contribution in [1.29, 1.82) is 0 Å². The molecule has 0 N–H and O–H groups in total. The summed E-state index contributed by atoms with van der Waals surface area (Å²) in [7, 11) is 0. The summed E-state index contributed by atoms with van der Waals surface area (Å²) in [5.74, 6) is 0.271. The molecule has 2 heterocycles. The molecule has 2 aromatic rings. The largest absolute Gasteiger partial charge is 0.338 e. The third kappa shape index (κ3) is 3.32. The molecule has 1 aromatic carbocycles. The number of hydrogen-bond acceptors (Lipinski definition) is 3. The van der Waals surface area contributed by atoms with E-state index in [1.807, 2.05) is 11.5 Å². The third-order valence-electron chi connectivity index (χ3n) is 4.30. The molecule has 0 saturated carbocycles. The number of amides is 1. The van der Waals surface area contributed by atoms with Crippen LogP contribution >= 0.6 is 27.5 Å². The number of likely N-dealkylation sites (tertiary alicyclic amines) is 1. The summed E-state index contributed by atoms with van der Waals surface area (Å²) in [5.41, 5.74) is 0.190. The minimum absolute atomic E-state index is 0.129. The first-order valence-electron chi connectivity index (χ1n) is 7.82. The first kappa shape index (κ1) is 17.4. The average Bonchev–Trinajstić information content (AvgIpc) is 3.06. The molecule has 1 aromatic heterocycles. The van der Waals surface area contributed by atoms with E-state index in [2.05, 4.69) is 26.1 Å². The van der Waals surface area contributed by atoms with Crippen LogP contribution in [0.2, 0.25) is 5.02 Å². The molecule has 3 rings (SSSR count). The fraction of sp³-hybridized carbons (Fsp3) is 0.438. The second-order valence-corrected chi connectivity index (χ2v) is 7.07. The van der Waals surface area contributed by atoms with Gasteiger partial charge >= 0.3 is 0 Å². The highest BCUT2D eigenvalue weighted by molar-refractivity contribution is 9.10. The number of carbonyl (C=O) groups excluding carboxylic acids is 1. The van der Waals surface area contributed by atoms with Gasteiger partial charge in [0.15, 0.2) is 0 Å². The molecule has 1 saturated heterocycles. The molecule has 5 nitrogen and oxygen atoms in total. The minimum atomic E-state index is -0.498. The molecule has 0 aliphatic carbocycles. The zero-order valence-electron chi connectivity index (χ0n) is 13.2. The number of hydrogen-bond donors (Lipinski definition) is 0. The third-order valence-corrected chi connectivity index (χ3v) is 5.22. The lowest BCUT2D eigenvalue weighted by Gasteiger charge is -2.32. The van der Waals surface area contributed by atoms with E-state index in [1.165, 1.54) is 12.1 Å². The van der Waals surface area contributed by atoms with E-state index in [1.54, 1.807) is 11.2 Å². The Morgan fingerprint density at radius 2 is 2.29 bits per heavy atom. The van der Waals surface area contributed by atoms with Crippen LogP contribution in [0.4, 0.5) is 4.39 Å². The minimum Gasteiger partial charge on any atom is -0.338 e. The van der Waals surface area contributed by atoms with Gasteiger partial charge in [-0.25, -0.2) is 4.39 Å². The lowest BCUT2D eigenvalue weighted by atomic mass is 9.96. The van der Waals surface area contributed by atoms with Crippen LogP contribution in [0.15, 0.2) is 22.9 Å². The van der Waals surface area contributed by atoms with Gasteiger partial charge in [0.1, 0.15) is 18.0 Å². The highest BCUT2D eigenvalue weighted by Crippen LogP contribution is 2.29. The number of benzene rings is 1. The summed E-state index contributed by atoms with van der Waals surface area (Å²) in [6, 6.07) is 2.60. The van der Waals surface area contributed by atoms with Crippen LogP contribution in [-0.2, 0) is 6.54 Å². The summed E-state index contributed by atoms with van der Waals surface area (Å²) in [6.07, 6.45) is 3.52. The van der Waals surface area contributed by atoms with E-state index in [0.717, 1.165) is 25.2 Å². The van der Waals surface area contributed by atoms with Crippen LogP contribution in [0, 0.1) is 5.82 Å². The lowest BCUT2D eigenvalue weighted by molar-refractivity contribution is 0.0703. The quantitative estimate of drug-likeness (QED) is 0.715. The molecular weight excluding hydrogens is 399 g/mol. The zero-order chi connectivity index (χ0) is 17.3. The van der Waals surface area contributed by atoms with Crippen LogP contribution in [-0.4, -0.2) is 38.7 Å². The smallest absolute Gasteiger partial charge is 0.255 e. The number of aryl methyl sites for hydroxylation is 1. The molecule has 0 bridgehead atoms. The standard InChI is InChI=1S/C16H17BrClFN4O/c1-2-22-9-20-21-15(22)10-4-3-5-23(8-10)16(24)11-6-14(19)12(17)7-13(11)18/h6-7,9-10H,2-5,8H2,1H3/t10-/m0/s1. The van der Waals surface area contributed by atoms with Gasteiger partial charge in [-0.2, -0.15) is 0 Å². The summed E-state index contributed by atoms with van der Waals surface area (Å²) in [5, 5.41) is 8.41. The number of aromatic nitrogens is 3. The Hall–Kier alpha value is -1.47. The van der Waals surface area contributed by atoms with Crippen molar-refractivity contribution in [2.24, 2.45) is 0 Å². The molecule has 0 radical (unpaired) electrons. The Kier molecular flexibility index (Phi) is 5.20. The van der Waals surface area contributed by atoms with Crippen molar-refractivity contribution in [2.75, 3.05) is 13.1 Å². The van der Waals surface area contributed by atoms with Gasteiger partial charge in [0.05, 0.1) is 15.1 Å². The van der Waals surface area contributed by atoms with Crippen molar-refractivity contribution in [3.05, 3.63) is 45.2 Å². The van der Waals surface area contributed by atoms with Crippen LogP contribution in [0.5, 0.6) is 0 Å². The van der Waals surface area contributed by atoms with Crippen molar-refractivity contribution in [3.8, 4) is 0 Å². The summed E-state index contributed by atoms with van der Waals surface area (Å²) in [4.78, 5) is 14.5. The predicted molar refractivity (Wildman–Crippen MR) is 92.7 cm³/mol. The first-order chi connectivity index (χ1) is 11.5. The Morgan fingerprint density at radius 1 is 1.50 bits per heavy atom. The Morgan fingerprint density at radius 3 is 3.04 bits per heavy atom. The number of piperidine rings is 1. The SMILES string of the molecule is CCn1cnnc1[C@H]1CCCN(C(=O)c2cc(F)c(Br)cc2Cl)C1. The predicted octanol–water partition coefficient (Wildman–Crippen LogP) is 3.87. The Labute approximate surface area is 152 Å². The van der Waals surface area contributed by atoms with Crippen molar-refractivity contribution in [2.45, 2.75) is 32.2 Å². The van der Waals surface area contributed by atoms with Gasteiger partial charge in [0.2, 0.25) is 0 Å². The van der Waals surface area contributed by atoms with Gasteiger partial charge in [-0.1, -0.05) is 11.6 Å². The highest BCUT2D eigenvalue weighted by atomic mass is 79.9. The fourth-order valence-electron chi connectivity index (χ4n) is 3.05. The Balaban J connectivity index is 1.82. The van der Waals surface area contributed by atoms with Gasteiger partial charge in [-0.15, -0.1) is 10.2 Å². The molecule has 1 aliphatic heterocycles. The number of carbonyl (C=O) groups is 1. The second-order valence-electron chi connectivity index (χ2n) is 5.81. The van der Waals surface area contributed by atoms with Crippen molar-refractivity contribution >= 4 is 33.4 Å². The van der Waals surface area contributed by atoms with Gasteiger partial charge < -0.3 is 9.47 Å². The maximum atomic E-state index is 13.8. The van der Waals surface area contributed by atoms with E-state index in [9.17, 15) is 9.18 Å². The van der Waals surface area contributed by atoms with Crippen molar-refractivity contribution < 1.29 is 9.18 Å². The topological polar surface area (TPSA) is 51.0 Å². The highest BCUT2D eigenvalue weighted by Gasteiger charge is 2.29. The van der Waals surface area contributed by atoms with Crippen LogP contribution in [0.1, 0.15) is 41.9 Å². The van der Waals surface area contributed by atoms with E-state index in [4.69, 9.17) is 11.6 Å². The second kappa shape index (κ2) is 7.19. The maximum absolute atomic E-state index is 13.8. The lowest BCUT2D eigenvalue weighted by Crippen LogP contribution is -2.40. The van der Waals surface area contributed by atoms with Gasteiger partial charge in [0, 0.05) is 25.6 Å². The molecule has 1 fully saturated rings. The molecular formula is C16H17BrClFN4O. The average molecular weight is 416 g/mol. The Bertz CT molecular complexity index is 767. The van der Waals surface area contributed by atoms with Crippen LogP contribution in [0.3, 0.4) is 0 Å². The van der Waals surface area contributed by atoms with Gasteiger partial charge in [0.25, 0.3) is 5.91 Å². The molecule has 1 amide bonds. The fourth-order valence-corrected chi connectivity index (χ4v) is 3.77.